The summed E-state index contributed by atoms with van der Waals surface area (Å²) in [5.41, 5.74) is 0.241. The van der Waals surface area contributed by atoms with Crippen LogP contribution in [0.2, 0.25) is 10.0 Å². The first kappa shape index (κ1) is 22.2. The number of ether oxygens (including phenoxy) is 1. The molecule has 1 aromatic carbocycles. The van der Waals surface area contributed by atoms with Gasteiger partial charge >= 0.3 is 0 Å². The summed E-state index contributed by atoms with van der Waals surface area (Å²) in [5.74, 6) is 0.356. The van der Waals surface area contributed by atoms with Crippen molar-refractivity contribution in [3.05, 3.63) is 33.9 Å². The average molecular weight is 460 g/mol. The summed E-state index contributed by atoms with van der Waals surface area (Å²) in [6, 6.07) is 5.25. The van der Waals surface area contributed by atoms with Crippen LogP contribution in [0.1, 0.15) is 23.3 Å². The first-order chi connectivity index (χ1) is 14.0. The Morgan fingerprint density at radius 1 is 1.41 bits per heavy atom. The maximum absolute atomic E-state index is 12.1. The second kappa shape index (κ2) is 10.5. The zero-order chi connectivity index (χ0) is 20.8. The van der Waals surface area contributed by atoms with Gasteiger partial charge in [0.2, 0.25) is 0 Å². The molecule has 1 aromatic heterocycles. The summed E-state index contributed by atoms with van der Waals surface area (Å²) in [5, 5.41) is 24.6. The Morgan fingerprint density at radius 3 is 2.86 bits per heavy atom. The quantitative estimate of drug-likeness (QED) is 0.520. The fourth-order valence-electron chi connectivity index (χ4n) is 3.12. The number of benzene rings is 1. The Balaban J connectivity index is 1.38. The number of carbonyl (C=O) groups excluding carboxylic acids is 1. The number of hydrogen-bond acceptors (Lipinski definition) is 7. The van der Waals surface area contributed by atoms with E-state index < -0.39 is 6.10 Å². The molecule has 0 aliphatic carbocycles. The highest BCUT2D eigenvalue weighted by Crippen LogP contribution is 2.28. The Morgan fingerprint density at radius 2 is 2.17 bits per heavy atom. The number of aliphatic hydroxyl groups is 1. The van der Waals surface area contributed by atoms with Crippen LogP contribution in [0.3, 0.4) is 0 Å². The molecule has 0 radical (unpaired) electrons. The SMILES string of the molecule is CSc1[nH]nnc1C(=O)NC[C@@H](O)CN1CCC(Oc2ccc(Cl)c(Cl)c2)CC1. The minimum Gasteiger partial charge on any atom is -0.490 e. The van der Waals surface area contributed by atoms with Crippen molar-refractivity contribution in [3.8, 4) is 5.75 Å². The van der Waals surface area contributed by atoms with E-state index in [9.17, 15) is 9.90 Å². The minimum atomic E-state index is -0.670. The lowest BCUT2D eigenvalue weighted by Gasteiger charge is -2.33. The van der Waals surface area contributed by atoms with E-state index in [1.165, 1.54) is 11.8 Å². The van der Waals surface area contributed by atoms with Gasteiger partial charge in [-0.15, -0.1) is 16.9 Å². The number of thioether (sulfide) groups is 1. The molecule has 1 saturated heterocycles. The van der Waals surface area contributed by atoms with E-state index in [1.807, 2.05) is 12.3 Å². The summed E-state index contributed by atoms with van der Waals surface area (Å²) in [6.07, 6.45) is 2.94. The molecule has 1 aliphatic rings. The fourth-order valence-corrected chi connectivity index (χ4v) is 3.87. The van der Waals surface area contributed by atoms with E-state index in [4.69, 9.17) is 27.9 Å². The molecular weight excluding hydrogens is 437 g/mol. The number of hydrogen-bond donors (Lipinski definition) is 3. The Labute approximate surface area is 183 Å². The Hall–Kier alpha value is -1.52. The number of nitrogens with zero attached hydrogens (tertiary/aromatic N) is 3. The molecule has 0 bridgehead atoms. The van der Waals surface area contributed by atoms with Crippen LogP contribution in [-0.4, -0.2) is 76.0 Å². The van der Waals surface area contributed by atoms with Crippen molar-refractivity contribution >= 4 is 40.9 Å². The molecule has 1 aliphatic heterocycles. The van der Waals surface area contributed by atoms with Crippen LogP contribution < -0.4 is 10.1 Å². The van der Waals surface area contributed by atoms with Gasteiger partial charge in [-0.2, -0.15) is 0 Å². The van der Waals surface area contributed by atoms with E-state index in [1.54, 1.807) is 12.1 Å². The molecular formula is C18H23Cl2N5O3S. The van der Waals surface area contributed by atoms with E-state index >= 15 is 0 Å². The molecule has 2 heterocycles. The van der Waals surface area contributed by atoms with Crippen molar-refractivity contribution < 1.29 is 14.6 Å². The number of amides is 1. The number of carbonyl (C=O) groups is 1. The number of H-pyrrole nitrogens is 1. The molecule has 3 N–H and O–H groups in total. The van der Waals surface area contributed by atoms with Gasteiger partial charge in [0.15, 0.2) is 5.69 Å². The zero-order valence-corrected chi connectivity index (χ0v) is 18.2. The highest BCUT2D eigenvalue weighted by molar-refractivity contribution is 7.98. The number of aromatic nitrogens is 3. The van der Waals surface area contributed by atoms with Crippen molar-refractivity contribution in [2.45, 2.75) is 30.1 Å². The highest BCUT2D eigenvalue weighted by Gasteiger charge is 2.23. The number of aliphatic hydroxyl groups excluding tert-OH is 1. The van der Waals surface area contributed by atoms with E-state index in [0.29, 0.717) is 27.4 Å². The molecule has 11 heteroatoms. The van der Waals surface area contributed by atoms with Gasteiger partial charge in [0.25, 0.3) is 5.91 Å². The summed E-state index contributed by atoms with van der Waals surface area (Å²) in [4.78, 5) is 14.3. The predicted molar refractivity (Wildman–Crippen MR) is 113 cm³/mol. The normalized spacial score (nSPS) is 16.6. The Kier molecular flexibility index (Phi) is 8.02. The van der Waals surface area contributed by atoms with Crippen LogP contribution in [0.5, 0.6) is 5.75 Å². The van der Waals surface area contributed by atoms with Crippen LogP contribution in [-0.2, 0) is 0 Å². The summed E-state index contributed by atoms with van der Waals surface area (Å²) in [6.45, 7) is 2.24. The monoisotopic (exact) mass is 459 g/mol. The molecule has 8 nitrogen and oxygen atoms in total. The third kappa shape index (κ3) is 6.23. The summed E-state index contributed by atoms with van der Waals surface area (Å²) in [7, 11) is 0. The van der Waals surface area contributed by atoms with E-state index in [0.717, 1.165) is 25.9 Å². The smallest absolute Gasteiger partial charge is 0.274 e. The molecule has 0 saturated carbocycles. The molecule has 3 rings (SSSR count). The van der Waals surface area contributed by atoms with Gasteiger partial charge in [-0.1, -0.05) is 28.4 Å². The molecule has 158 valence electrons. The lowest BCUT2D eigenvalue weighted by molar-refractivity contribution is 0.0593. The third-order valence-electron chi connectivity index (χ3n) is 4.63. The second-order valence-electron chi connectivity index (χ2n) is 6.75. The highest BCUT2D eigenvalue weighted by atomic mass is 35.5. The average Bonchev–Trinajstić information content (AvgIpc) is 3.19. The number of likely N-dealkylation sites (tertiary alicyclic amines) is 1. The lowest BCUT2D eigenvalue weighted by atomic mass is 10.1. The summed E-state index contributed by atoms with van der Waals surface area (Å²) < 4.78 is 5.98. The number of β-amino-alcohol motifs (C(OH)–C–C–N with tert-alkyl or cyclic N) is 1. The maximum Gasteiger partial charge on any atom is 0.274 e. The van der Waals surface area contributed by atoms with Crippen molar-refractivity contribution in [1.29, 1.82) is 0 Å². The topological polar surface area (TPSA) is 103 Å². The summed E-state index contributed by atoms with van der Waals surface area (Å²) >= 11 is 13.3. The van der Waals surface area contributed by atoms with Crippen LogP contribution in [0.25, 0.3) is 0 Å². The molecule has 0 unspecified atom stereocenters. The lowest BCUT2D eigenvalue weighted by Crippen LogP contribution is -2.45. The molecule has 1 amide bonds. The maximum atomic E-state index is 12.1. The first-order valence-corrected chi connectivity index (χ1v) is 11.2. The minimum absolute atomic E-state index is 0.0949. The fraction of sp³-hybridized carbons (Fsp3) is 0.500. The molecule has 1 fully saturated rings. The molecule has 1 atom stereocenters. The van der Waals surface area contributed by atoms with Crippen LogP contribution in [0.4, 0.5) is 0 Å². The van der Waals surface area contributed by atoms with Crippen molar-refractivity contribution in [1.82, 2.24) is 25.6 Å². The molecule has 2 aromatic rings. The second-order valence-corrected chi connectivity index (χ2v) is 8.38. The van der Waals surface area contributed by atoms with Crippen molar-refractivity contribution in [2.75, 3.05) is 32.4 Å². The first-order valence-electron chi connectivity index (χ1n) is 9.21. The number of halogens is 2. The number of piperidine rings is 1. The zero-order valence-electron chi connectivity index (χ0n) is 15.9. The molecule has 29 heavy (non-hydrogen) atoms. The van der Waals surface area contributed by atoms with Crippen molar-refractivity contribution in [2.24, 2.45) is 0 Å². The van der Waals surface area contributed by atoms with Crippen LogP contribution in [0.15, 0.2) is 23.2 Å². The van der Waals surface area contributed by atoms with Gasteiger partial charge in [0.05, 0.1) is 16.1 Å². The third-order valence-corrected chi connectivity index (χ3v) is 6.06. The van der Waals surface area contributed by atoms with Crippen LogP contribution >= 0.6 is 35.0 Å². The number of rotatable bonds is 8. The van der Waals surface area contributed by atoms with Gasteiger partial charge in [-0.25, -0.2) is 0 Å². The van der Waals surface area contributed by atoms with Gasteiger partial charge in [0, 0.05) is 32.2 Å². The van der Waals surface area contributed by atoms with E-state index in [-0.39, 0.29) is 24.2 Å². The van der Waals surface area contributed by atoms with Gasteiger partial charge < -0.3 is 20.1 Å². The van der Waals surface area contributed by atoms with Crippen molar-refractivity contribution in [3.63, 3.8) is 0 Å². The van der Waals surface area contributed by atoms with E-state index in [2.05, 4.69) is 25.6 Å². The molecule has 0 spiro atoms. The van der Waals surface area contributed by atoms with Gasteiger partial charge in [0.1, 0.15) is 16.9 Å². The number of nitrogens with one attached hydrogen (secondary N) is 2. The predicted octanol–water partition coefficient (Wildman–Crippen LogP) is 2.47. The van der Waals surface area contributed by atoms with Gasteiger partial charge in [-0.3, -0.25) is 9.89 Å². The van der Waals surface area contributed by atoms with Crippen LogP contribution in [0, 0.1) is 0 Å². The number of aromatic amines is 1. The van der Waals surface area contributed by atoms with Gasteiger partial charge in [-0.05, 0) is 31.2 Å². The standard InChI is InChI=1S/C18H23Cl2N5O3S/c1-29-18-16(22-24-23-18)17(27)21-9-11(26)10-25-6-4-12(5-7-25)28-13-2-3-14(19)15(20)8-13/h2-3,8,11-12,26H,4-7,9-10H2,1H3,(H,21,27)(H,22,23,24)/t11-/m1/s1. The Bertz CT molecular complexity index is 830. The largest absolute Gasteiger partial charge is 0.490 e.